The van der Waals surface area contributed by atoms with Crippen molar-refractivity contribution in [1.29, 1.82) is 0 Å². The van der Waals surface area contributed by atoms with Gasteiger partial charge in [-0.25, -0.2) is 4.79 Å². The Labute approximate surface area is 178 Å². The molecule has 1 saturated carbocycles. The van der Waals surface area contributed by atoms with Gasteiger partial charge >= 0.3 is 5.97 Å². The van der Waals surface area contributed by atoms with E-state index in [1.54, 1.807) is 19.1 Å². The molecule has 2 aliphatic carbocycles. The number of hydrogen-bond acceptors (Lipinski definition) is 7. The highest BCUT2D eigenvalue weighted by atomic mass is 35.5. The van der Waals surface area contributed by atoms with Crippen molar-refractivity contribution < 1.29 is 29.4 Å². The van der Waals surface area contributed by atoms with Crippen LogP contribution in [0.5, 0.6) is 5.75 Å². The lowest BCUT2D eigenvalue weighted by Crippen LogP contribution is -2.57. The van der Waals surface area contributed by atoms with Crippen LogP contribution in [0.15, 0.2) is 35.5 Å². The van der Waals surface area contributed by atoms with Crippen molar-refractivity contribution >= 4 is 29.1 Å². The first-order valence-corrected chi connectivity index (χ1v) is 10.4. The molecule has 2 heterocycles. The highest BCUT2D eigenvalue weighted by Crippen LogP contribution is 2.59. The van der Waals surface area contributed by atoms with E-state index in [-0.39, 0.29) is 23.9 Å². The molecule has 0 amide bonds. The molecule has 5 rings (SSSR count). The maximum absolute atomic E-state index is 13.1. The Morgan fingerprint density at radius 3 is 2.77 bits per heavy atom. The first kappa shape index (κ1) is 19.6. The number of halogens is 1. The van der Waals surface area contributed by atoms with Gasteiger partial charge in [0.2, 0.25) is 5.60 Å². The number of allylic oxidation sites excluding steroid dienone is 1. The molecule has 8 heteroatoms. The first-order chi connectivity index (χ1) is 14.1. The number of carbonyl (C=O) groups is 2. The Hall–Kier alpha value is -2.38. The van der Waals surface area contributed by atoms with E-state index in [4.69, 9.17) is 21.2 Å². The van der Waals surface area contributed by atoms with Crippen molar-refractivity contribution in [2.75, 3.05) is 0 Å². The summed E-state index contributed by atoms with van der Waals surface area (Å²) in [5.41, 5.74) is -3.00. The number of carbonyl (C=O) groups excluding carboxylic acids is 2. The topological polar surface area (TPSA) is 105 Å². The zero-order valence-corrected chi connectivity index (χ0v) is 17.3. The molecule has 1 saturated heterocycles. The Morgan fingerprint density at radius 1 is 1.27 bits per heavy atom. The summed E-state index contributed by atoms with van der Waals surface area (Å²) in [6, 6.07) is 4.51. The molecule has 6 atom stereocenters. The lowest BCUT2D eigenvalue weighted by Gasteiger charge is -2.43. The normalized spacial score (nSPS) is 41.9. The Balaban J connectivity index is 1.54. The molecule has 158 valence electrons. The number of benzene rings is 1. The van der Waals surface area contributed by atoms with Gasteiger partial charge < -0.3 is 19.8 Å². The first-order valence-electron chi connectivity index (χ1n) is 10.0. The molecule has 2 fully saturated rings. The number of phenols is 1. The fourth-order valence-corrected chi connectivity index (χ4v) is 5.96. The molecule has 3 unspecified atom stereocenters. The van der Waals surface area contributed by atoms with Crippen LogP contribution in [-0.4, -0.2) is 45.0 Å². The predicted octanol–water partition coefficient (Wildman–Crippen LogP) is 2.76. The highest BCUT2D eigenvalue weighted by molar-refractivity contribution is 6.34. The van der Waals surface area contributed by atoms with Crippen LogP contribution in [0.3, 0.4) is 0 Å². The molecule has 0 bridgehead atoms. The Morgan fingerprint density at radius 2 is 2.03 bits per heavy atom. The molecule has 30 heavy (non-hydrogen) atoms. The fourth-order valence-electron chi connectivity index (χ4n) is 5.68. The third-order valence-corrected chi connectivity index (χ3v) is 7.93. The van der Waals surface area contributed by atoms with Crippen LogP contribution < -0.4 is 0 Å². The van der Waals surface area contributed by atoms with Crippen LogP contribution in [0.25, 0.3) is 0 Å². The van der Waals surface area contributed by atoms with Crippen molar-refractivity contribution in [2.45, 2.75) is 50.4 Å². The fraction of sp³-hybridized carbons (Fsp3) is 0.500. The molecular weight excluding hydrogens is 410 g/mol. The zero-order chi connectivity index (χ0) is 21.5. The lowest BCUT2D eigenvalue weighted by atomic mass is 9.63. The summed E-state index contributed by atoms with van der Waals surface area (Å²) < 4.78 is 5.79. The predicted molar refractivity (Wildman–Crippen MR) is 107 cm³/mol. The van der Waals surface area contributed by atoms with Crippen molar-refractivity contribution in [3.05, 3.63) is 40.9 Å². The van der Waals surface area contributed by atoms with Gasteiger partial charge in [-0.2, -0.15) is 0 Å². The van der Waals surface area contributed by atoms with Gasteiger partial charge in [-0.15, -0.1) is 0 Å². The number of esters is 1. The van der Waals surface area contributed by atoms with Gasteiger partial charge in [0.25, 0.3) is 0 Å². The molecule has 7 nitrogen and oxygen atoms in total. The van der Waals surface area contributed by atoms with Gasteiger partial charge in [-0.3, -0.25) is 4.79 Å². The quantitative estimate of drug-likeness (QED) is 0.662. The Bertz CT molecular complexity index is 1040. The van der Waals surface area contributed by atoms with E-state index >= 15 is 0 Å². The van der Waals surface area contributed by atoms with Crippen molar-refractivity contribution in [3.8, 4) is 5.75 Å². The molecule has 1 aromatic rings. The average Bonchev–Trinajstić information content (AvgIpc) is 3.31. The van der Waals surface area contributed by atoms with Gasteiger partial charge in [-0.05, 0) is 56.0 Å². The summed E-state index contributed by atoms with van der Waals surface area (Å²) in [6.07, 6.45) is 3.40. The second-order valence-corrected chi connectivity index (χ2v) is 9.40. The molecule has 0 radical (unpaired) electrons. The monoisotopic (exact) mass is 431 g/mol. The minimum Gasteiger partial charge on any atom is -0.508 e. The van der Waals surface area contributed by atoms with Gasteiger partial charge in [0.1, 0.15) is 22.9 Å². The van der Waals surface area contributed by atoms with Gasteiger partial charge in [-0.1, -0.05) is 23.7 Å². The summed E-state index contributed by atoms with van der Waals surface area (Å²) in [5.74, 6) is -1.45. The minimum atomic E-state index is -1.39. The van der Waals surface area contributed by atoms with E-state index < -0.39 is 34.6 Å². The van der Waals surface area contributed by atoms with Crippen molar-refractivity contribution in [1.82, 2.24) is 0 Å². The van der Waals surface area contributed by atoms with E-state index in [1.807, 2.05) is 6.92 Å². The molecule has 4 aliphatic rings. The number of nitrogens with zero attached hydrogens (tertiary/aromatic N) is 1. The number of hydrogen-bond donors (Lipinski definition) is 2. The Kier molecular flexibility index (Phi) is 3.97. The number of oxime groups is 1. The zero-order valence-electron chi connectivity index (χ0n) is 16.6. The maximum Gasteiger partial charge on any atom is 0.354 e. The second-order valence-electron chi connectivity index (χ2n) is 9.00. The molecule has 2 aliphatic heterocycles. The van der Waals surface area contributed by atoms with E-state index in [0.717, 1.165) is 0 Å². The number of phenolic OH excluding ortho intramolecular Hbond substituents is 1. The SMILES string of the molecule is C[C@H]1CCC2C(OC(=O)C23CC(c2ccc(O)cc2Cl)=NO3)[C@]2(C)C(=O)C=C[C@@]12O. The number of ketones is 1. The third kappa shape index (κ3) is 2.22. The summed E-state index contributed by atoms with van der Waals surface area (Å²) in [4.78, 5) is 31.8. The number of fused-ring (bicyclic) bond motifs is 4. The largest absolute Gasteiger partial charge is 0.508 e. The van der Waals surface area contributed by atoms with E-state index in [2.05, 4.69) is 5.16 Å². The molecule has 2 N–H and O–H groups in total. The molecule has 1 aromatic carbocycles. The summed E-state index contributed by atoms with van der Waals surface area (Å²) in [5, 5.41) is 25.5. The average molecular weight is 432 g/mol. The van der Waals surface area contributed by atoms with E-state index in [9.17, 15) is 19.8 Å². The van der Waals surface area contributed by atoms with Crippen LogP contribution in [0, 0.1) is 17.3 Å². The van der Waals surface area contributed by atoms with Crippen LogP contribution >= 0.6 is 11.6 Å². The maximum atomic E-state index is 13.1. The third-order valence-electron chi connectivity index (χ3n) is 7.62. The molecular formula is C22H22ClNO6. The minimum absolute atomic E-state index is 0.0236. The van der Waals surface area contributed by atoms with Crippen LogP contribution in [-0.2, 0) is 19.2 Å². The number of rotatable bonds is 1. The summed E-state index contributed by atoms with van der Waals surface area (Å²) in [6.45, 7) is 3.58. The standard InChI is InChI=1S/C22H22ClNO6/c1-11-3-6-14-18(20(2)17(26)7-8-22(11,20)28)29-19(27)21(14)10-16(24-30-21)13-5-4-12(25)9-15(13)23/h4-5,7-9,11,14,18,25,28H,3,6,10H2,1-2H3/t11-,14?,18?,20-,21?,22+/m0/s1. The van der Waals surface area contributed by atoms with Gasteiger partial charge in [0, 0.05) is 12.0 Å². The van der Waals surface area contributed by atoms with Crippen LogP contribution in [0.4, 0.5) is 0 Å². The van der Waals surface area contributed by atoms with Crippen LogP contribution in [0.1, 0.15) is 38.7 Å². The summed E-state index contributed by atoms with van der Waals surface area (Å²) >= 11 is 6.26. The van der Waals surface area contributed by atoms with E-state index in [1.165, 1.54) is 18.2 Å². The van der Waals surface area contributed by atoms with Gasteiger partial charge in [0.15, 0.2) is 5.78 Å². The summed E-state index contributed by atoms with van der Waals surface area (Å²) in [7, 11) is 0. The molecule has 0 aromatic heterocycles. The number of ether oxygens (including phenoxy) is 1. The van der Waals surface area contributed by atoms with Crippen molar-refractivity contribution in [2.24, 2.45) is 22.4 Å². The second kappa shape index (κ2) is 6.08. The van der Waals surface area contributed by atoms with Crippen molar-refractivity contribution in [3.63, 3.8) is 0 Å². The highest BCUT2D eigenvalue weighted by Gasteiger charge is 2.73. The molecule has 1 spiro atoms. The number of aromatic hydroxyl groups is 1. The lowest BCUT2D eigenvalue weighted by molar-refractivity contribution is -0.169. The van der Waals surface area contributed by atoms with E-state index in [0.29, 0.717) is 29.1 Å². The van der Waals surface area contributed by atoms with Gasteiger partial charge in [0.05, 0.1) is 16.7 Å². The number of aliphatic hydroxyl groups is 1. The smallest absolute Gasteiger partial charge is 0.354 e. The van der Waals surface area contributed by atoms with Crippen LogP contribution in [0.2, 0.25) is 5.02 Å².